The molecule has 0 aliphatic heterocycles. The lowest BCUT2D eigenvalue weighted by molar-refractivity contribution is -0.143. The molecule has 1 unspecified atom stereocenters. The summed E-state index contributed by atoms with van der Waals surface area (Å²) in [6.45, 7) is 5.48. The zero-order valence-electron chi connectivity index (χ0n) is 11.2. The van der Waals surface area contributed by atoms with Crippen LogP contribution in [0.3, 0.4) is 0 Å². The smallest absolute Gasteiger partial charge is 0.324 e. The third kappa shape index (κ3) is 5.27. The molecule has 1 amide bonds. The van der Waals surface area contributed by atoms with Crippen molar-refractivity contribution in [3.63, 3.8) is 0 Å². The van der Waals surface area contributed by atoms with Gasteiger partial charge in [0.2, 0.25) is 5.91 Å². The molecule has 0 radical (unpaired) electrons. The fourth-order valence-corrected chi connectivity index (χ4v) is 2.54. The minimum absolute atomic E-state index is 0.0471. The molecule has 1 saturated carbocycles. The number of carboxylic acids is 1. The molecule has 18 heavy (non-hydrogen) atoms. The lowest BCUT2D eigenvalue weighted by Gasteiger charge is -2.26. The number of rotatable bonds is 8. The zero-order chi connectivity index (χ0) is 13.8. The van der Waals surface area contributed by atoms with Crippen LogP contribution in [-0.2, 0) is 9.59 Å². The first-order valence-electron chi connectivity index (χ1n) is 6.21. The molecular formula is C12H22N2O3S. The molecule has 1 aliphatic rings. The molecular weight excluding hydrogens is 252 g/mol. The van der Waals surface area contributed by atoms with Gasteiger partial charge < -0.3 is 10.4 Å². The van der Waals surface area contributed by atoms with E-state index >= 15 is 0 Å². The van der Waals surface area contributed by atoms with Crippen molar-refractivity contribution in [3.8, 4) is 0 Å². The molecule has 5 nitrogen and oxygen atoms in total. The highest BCUT2D eigenvalue weighted by Crippen LogP contribution is 2.24. The van der Waals surface area contributed by atoms with E-state index in [9.17, 15) is 14.7 Å². The molecule has 1 rings (SSSR count). The van der Waals surface area contributed by atoms with Crippen molar-refractivity contribution in [2.75, 3.05) is 11.5 Å². The summed E-state index contributed by atoms with van der Waals surface area (Å²) in [4.78, 5) is 22.7. The number of thioether (sulfide) groups is 1. The number of nitrogens with one attached hydrogen (secondary N) is 2. The predicted octanol–water partition coefficient (Wildman–Crippen LogP) is 0.839. The average Bonchev–Trinajstić information content (AvgIpc) is 2.99. The van der Waals surface area contributed by atoms with Gasteiger partial charge in [-0.3, -0.25) is 14.9 Å². The van der Waals surface area contributed by atoms with Crippen LogP contribution < -0.4 is 10.6 Å². The highest BCUT2D eigenvalue weighted by molar-refractivity contribution is 8.00. The van der Waals surface area contributed by atoms with Crippen molar-refractivity contribution in [1.29, 1.82) is 0 Å². The number of carbonyl (C=O) groups excluding carboxylic acids is 1. The van der Waals surface area contributed by atoms with E-state index in [2.05, 4.69) is 10.6 Å². The maximum Gasteiger partial charge on any atom is 0.324 e. The van der Waals surface area contributed by atoms with Crippen LogP contribution in [0, 0.1) is 0 Å². The Kier molecular flexibility index (Phi) is 5.47. The first-order chi connectivity index (χ1) is 8.33. The molecule has 104 valence electrons. The minimum Gasteiger partial charge on any atom is -0.480 e. The van der Waals surface area contributed by atoms with Gasteiger partial charge in [-0.15, -0.1) is 11.8 Å². The van der Waals surface area contributed by atoms with Gasteiger partial charge in [0.1, 0.15) is 5.54 Å². The molecule has 0 spiro atoms. The van der Waals surface area contributed by atoms with E-state index in [-0.39, 0.29) is 11.9 Å². The normalized spacial score (nSPS) is 18.4. The third-order valence-electron chi connectivity index (χ3n) is 2.65. The highest BCUT2D eigenvalue weighted by Gasteiger charge is 2.38. The molecule has 1 aliphatic carbocycles. The fourth-order valence-electron chi connectivity index (χ4n) is 1.55. The van der Waals surface area contributed by atoms with Gasteiger partial charge >= 0.3 is 5.97 Å². The Morgan fingerprint density at radius 3 is 2.50 bits per heavy atom. The summed E-state index contributed by atoms with van der Waals surface area (Å²) in [7, 11) is 0. The van der Waals surface area contributed by atoms with Crippen LogP contribution in [0.2, 0.25) is 0 Å². The van der Waals surface area contributed by atoms with Crippen molar-refractivity contribution in [1.82, 2.24) is 10.6 Å². The number of carboxylic acid groups (broad SMARTS) is 1. The molecule has 0 saturated heterocycles. The van der Waals surface area contributed by atoms with Gasteiger partial charge in [0, 0.05) is 17.8 Å². The van der Waals surface area contributed by atoms with Crippen LogP contribution in [0.1, 0.15) is 33.6 Å². The SMILES string of the molecule is CC(C)NC(=O)CSCC(C)(NC1CC1)C(=O)O. The van der Waals surface area contributed by atoms with E-state index in [0.717, 1.165) is 12.8 Å². The third-order valence-corrected chi connectivity index (χ3v) is 3.89. The second-order valence-corrected chi connectivity index (χ2v) is 6.26. The van der Waals surface area contributed by atoms with Crippen molar-refractivity contribution < 1.29 is 14.7 Å². The minimum atomic E-state index is -0.941. The molecule has 0 bridgehead atoms. The molecule has 0 aromatic rings. The van der Waals surface area contributed by atoms with E-state index in [1.165, 1.54) is 11.8 Å². The quantitative estimate of drug-likeness (QED) is 0.611. The monoisotopic (exact) mass is 274 g/mol. The molecule has 0 aromatic carbocycles. The first-order valence-corrected chi connectivity index (χ1v) is 7.37. The lowest BCUT2D eigenvalue weighted by atomic mass is 10.1. The van der Waals surface area contributed by atoms with Crippen molar-refractivity contribution in [2.24, 2.45) is 0 Å². The lowest BCUT2D eigenvalue weighted by Crippen LogP contribution is -2.52. The van der Waals surface area contributed by atoms with Gasteiger partial charge in [-0.05, 0) is 33.6 Å². The largest absolute Gasteiger partial charge is 0.480 e. The van der Waals surface area contributed by atoms with E-state index < -0.39 is 11.5 Å². The summed E-state index contributed by atoms with van der Waals surface area (Å²) in [5, 5.41) is 15.2. The Morgan fingerprint density at radius 1 is 1.44 bits per heavy atom. The van der Waals surface area contributed by atoms with Crippen LogP contribution in [-0.4, -0.2) is 46.1 Å². The van der Waals surface area contributed by atoms with Crippen molar-refractivity contribution >= 4 is 23.6 Å². The Balaban J connectivity index is 2.33. The molecule has 0 heterocycles. The van der Waals surface area contributed by atoms with Gasteiger partial charge in [-0.25, -0.2) is 0 Å². The molecule has 3 N–H and O–H groups in total. The van der Waals surface area contributed by atoms with Crippen LogP contribution in [0.5, 0.6) is 0 Å². The Morgan fingerprint density at radius 2 is 2.06 bits per heavy atom. The van der Waals surface area contributed by atoms with Crippen LogP contribution in [0.4, 0.5) is 0 Å². The summed E-state index contributed by atoms with van der Waals surface area (Å²) in [6, 6.07) is 0.449. The number of aliphatic carboxylic acids is 1. The van der Waals surface area contributed by atoms with Gasteiger partial charge in [-0.1, -0.05) is 0 Å². The van der Waals surface area contributed by atoms with E-state index in [0.29, 0.717) is 17.5 Å². The fraction of sp³-hybridized carbons (Fsp3) is 0.833. The predicted molar refractivity (Wildman–Crippen MR) is 72.8 cm³/mol. The Hall–Kier alpha value is -0.750. The molecule has 0 aromatic heterocycles. The summed E-state index contributed by atoms with van der Waals surface area (Å²) in [5.74, 6) is -0.210. The highest BCUT2D eigenvalue weighted by atomic mass is 32.2. The Labute approximate surface area is 112 Å². The summed E-state index contributed by atoms with van der Waals surface area (Å²) < 4.78 is 0. The number of hydrogen-bond acceptors (Lipinski definition) is 4. The van der Waals surface area contributed by atoms with Crippen LogP contribution in [0.15, 0.2) is 0 Å². The summed E-state index contributed by atoms with van der Waals surface area (Å²) in [5.41, 5.74) is -0.941. The maximum atomic E-state index is 11.4. The van der Waals surface area contributed by atoms with E-state index in [4.69, 9.17) is 0 Å². The summed E-state index contributed by atoms with van der Waals surface area (Å²) in [6.07, 6.45) is 2.09. The van der Waals surface area contributed by atoms with Crippen LogP contribution >= 0.6 is 11.8 Å². The second-order valence-electron chi connectivity index (χ2n) is 5.27. The standard InChI is InChI=1S/C12H22N2O3S/c1-8(2)13-10(15)6-18-7-12(3,11(16)17)14-9-4-5-9/h8-9,14H,4-7H2,1-3H3,(H,13,15)(H,16,17). The van der Waals surface area contributed by atoms with Gasteiger partial charge in [0.05, 0.1) is 5.75 Å². The number of carbonyl (C=O) groups is 2. The van der Waals surface area contributed by atoms with Crippen molar-refractivity contribution in [2.45, 2.75) is 51.2 Å². The Bertz CT molecular complexity index is 318. The first kappa shape index (κ1) is 15.3. The second kappa shape index (κ2) is 6.43. The zero-order valence-corrected chi connectivity index (χ0v) is 12.0. The topological polar surface area (TPSA) is 78.4 Å². The van der Waals surface area contributed by atoms with Gasteiger partial charge in [-0.2, -0.15) is 0 Å². The van der Waals surface area contributed by atoms with Gasteiger partial charge in [0.25, 0.3) is 0 Å². The molecule has 1 atom stereocenters. The van der Waals surface area contributed by atoms with E-state index in [1.807, 2.05) is 13.8 Å². The number of hydrogen-bond donors (Lipinski definition) is 3. The maximum absolute atomic E-state index is 11.4. The summed E-state index contributed by atoms with van der Waals surface area (Å²) >= 11 is 1.35. The molecule has 1 fully saturated rings. The van der Waals surface area contributed by atoms with E-state index in [1.54, 1.807) is 6.92 Å². The van der Waals surface area contributed by atoms with Crippen LogP contribution in [0.25, 0.3) is 0 Å². The average molecular weight is 274 g/mol. The van der Waals surface area contributed by atoms with Gasteiger partial charge in [0.15, 0.2) is 0 Å². The van der Waals surface area contributed by atoms with Crippen molar-refractivity contribution in [3.05, 3.63) is 0 Å². The number of amides is 1. The molecule has 6 heteroatoms.